The van der Waals surface area contributed by atoms with Crippen LogP contribution in [-0.4, -0.2) is 43.1 Å². The number of thioether (sulfide) groups is 1. The fourth-order valence-electron chi connectivity index (χ4n) is 2.97. The second-order valence-corrected chi connectivity index (χ2v) is 7.80. The van der Waals surface area contributed by atoms with Gasteiger partial charge in [-0.05, 0) is 34.7 Å². The number of nitrogens with zero attached hydrogens (tertiary/aromatic N) is 6. The minimum Gasteiger partial charge on any atom is -0.376 e. The summed E-state index contributed by atoms with van der Waals surface area (Å²) >= 11 is 1.48. The molecular formula is C18H22N6O2S. The first-order chi connectivity index (χ1) is 13.2. The van der Waals surface area contributed by atoms with Gasteiger partial charge in [0.15, 0.2) is 0 Å². The molecule has 1 aliphatic heterocycles. The normalized spacial score (nSPS) is 17.1. The maximum absolute atomic E-state index is 5.65. The van der Waals surface area contributed by atoms with Crippen molar-refractivity contribution >= 4 is 11.8 Å². The summed E-state index contributed by atoms with van der Waals surface area (Å²) in [5, 5.41) is 16.7. The summed E-state index contributed by atoms with van der Waals surface area (Å²) in [7, 11) is 0. The molecule has 4 rings (SSSR count). The Morgan fingerprint density at radius 3 is 2.85 bits per heavy atom. The number of ether oxygens (including phenoxy) is 1. The van der Waals surface area contributed by atoms with Crippen LogP contribution in [0.1, 0.15) is 44.1 Å². The SMILES string of the molecule is CC(C)c1ccc(-c2noc(CSc3nnnn3C[C@H]3CCCO3)n2)cc1. The summed E-state index contributed by atoms with van der Waals surface area (Å²) in [6.07, 6.45) is 2.33. The molecule has 0 amide bonds. The lowest BCUT2D eigenvalue weighted by atomic mass is 10.0. The fourth-order valence-corrected chi connectivity index (χ4v) is 3.69. The number of rotatable bonds is 7. The van der Waals surface area contributed by atoms with Crippen molar-refractivity contribution in [3.05, 3.63) is 35.7 Å². The standard InChI is InChI=1S/C18H22N6O2S/c1-12(2)13-5-7-14(8-6-13)17-19-16(26-21-17)11-27-18-20-22-23-24(18)10-15-4-3-9-25-15/h5-8,12,15H,3-4,9-11H2,1-2H3/t15-/m1/s1. The lowest BCUT2D eigenvalue weighted by molar-refractivity contribution is 0.0912. The van der Waals surface area contributed by atoms with Crippen LogP contribution in [0.25, 0.3) is 11.4 Å². The Balaban J connectivity index is 1.38. The molecule has 1 fully saturated rings. The largest absolute Gasteiger partial charge is 0.376 e. The van der Waals surface area contributed by atoms with Gasteiger partial charge in [0.25, 0.3) is 0 Å². The minimum atomic E-state index is 0.191. The quantitative estimate of drug-likeness (QED) is 0.571. The Morgan fingerprint density at radius 2 is 2.11 bits per heavy atom. The smallest absolute Gasteiger partial charge is 0.237 e. The molecule has 3 heterocycles. The lowest BCUT2D eigenvalue weighted by Crippen LogP contribution is -2.16. The third-order valence-electron chi connectivity index (χ3n) is 4.53. The highest BCUT2D eigenvalue weighted by atomic mass is 32.2. The minimum absolute atomic E-state index is 0.191. The summed E-state index contributed by atoms with van der Waals surface area (Å²) in [5.41, 5.74) is 2.23. The number of tetrazole rings is 1. The van der Waals surface area contributed by atoms with Crippen LogP contribution in [-0.2, 0) is 17.0 Å². The van der Waals surface area contributed by atoms with Crippen molar-refractivity contribution in [1.82, 2.24) is 30.3 Å². The number of benzene rings is 1. The van der Waals surface area contributed by atoms with Crippen molar-refractivity contribution in [2.75, 3.05) is 6.61 Å². The maximum atomic E-state index is 5.65. The first-order valence-corrected chi connectivity index (χ1v) is 10.1. The van der Waals surface area contributed by atoms with Crippen LogP contribution in [0.3, 0.4) is 0 Å². The highest BCUT2D eigenvalue weighted by molar-refractivity contribution is 7.98. The van der Waals surface area contributed by atoms with E-state index in [-0.39, 0.29) is 6.10 Å². The Kier molecular flexibility index (Phi) is 5.49. The van der Waals surface area contributed by atoms with Gasteiger partial charge in [-0.25, -0.2) is 4.68 Å². The molecule has 0 saturated carbocycles. The van der Waals surface area contributed by atoms with E-state index in [4.69, 9.17) is 9.26 Å². The van der Waals surface area contributed by atoms with Gasteiger partial charge >= 0.3 is 0 Å². The molecule has 1 aliphatic rings. The summed E-state index contributed by atoms with van der Waals surface area (Å²) in [4.78, 5) is 4.49. The van der Waals surface area contributed by atoms with Crippen molar-refractivity contribution in [1.29, 1.82) is 0 Å². The molecule has 3 aromatic rings. The molecule has 0 radical (unpaired) electrons. The highest BCUT2D eigenvalue weighted by Gasteiger charge is 2.19. The molecule has 0 spiro atoms. The first kappa shape index (κ1) is 18.1. The van der Waals surface area contributed by atoms with Crippen molar-refractivity contribution in [2.45, 2.75) is 56.2 Å². The average Bonchev–Trinajstić information content (AvgIpc) is 3.43. The zero-order valence-electron chi connectivity index (χ0n) is 15.4. The first-order valence-electron chi connectivity index (χ1n) is 9.12. The molecule has 1 saturated heterocycles. The molecule has 142 valence electrons. The molecule has 8 nitrogen and oxygen atoms in total. The van der Waals surface area contributed by atoms with Crippen LogP contribution < -0.4 is 0 Å². The zero-order chi connectivity index (χ0) is 18.6. The van der Waals surface area contributed by atoms with Gasteiger partial charge in [-0.3, -0.25) is 0 Å². The fraction of sp³-hybridized carbons (Fsp3) is 0.500. The van der Waals surface area contributed by atoms with E-state index in [0.29, 0.717) is 29.9 Å². The Morgan fingerprint density at radius 1 is 1.26 bits per heavy atom. The summed E-state index contributed by atoms with van der Waals surface area (Å²) in [6, 6.07) is 8.26. The van der Waals surface area contributed by atoms with Gasteiger partial charge in [0.1, 0.15) is 0 Å². The van der Waals surface area contributed by atoms with Crippen molar-refractivity contribution < 1.29 is 9.26 Å². The van der Waals surface area contributed by atoms with Gasteiger partial charge in [-0.15, -0.1) is 5.10 Å². The van der Waals surface area contributed by atoms with Gasteiger partial charge in [-0.2, -0.15) is 4.98 Å². The van der Waals surface area contributed by atoms with E-state index in [1.165, 1.54) is 17.3 Å². The Bertz CT molecular complexity index is 870. The van der Waals surface area contributed by atoms with Crippen LogP contribution in [0.2, 0.25) is 0 Å². The third-order valence-corrected chi connectivity index (χ3v) is 5.47. The molecule has 1 aromatic carbocycles. The topological polar surface area (TPSA) is 91.8 Å². The predicted molar refractivity (Wildman–Crippen MR) is 100 cm³/mol. The molecule has 0 N–H and O–H groups in total. The zero-order valence-corrected chi connectivity index (χ0v) is 16.2. The van der Waals surface area contributed by atoms with Gasteiger partial charge in [0.05, 0.1) is 18.4 Å². The Hall–Kier alpha value is -2.26. The van der Waals surface area contributed by atoms with Crippen LogP contribution in [0, 0.1) is 0 Å². The van der Waals surface area contributed by atoms with Crippen LogP contribution in [0.5, 0.6) is 0 Å². The number of hydrogen-bond acceptors (Lipinski definition) is 8. The predicted octanol–water partition coefficient (Wildman–Crippen LogP) is 3.32. The lowest BCUT2D eigenvalue weighted by Gasteiger charge is -2.09. The van der Waals surface area contributed by atoms with E-state index in [9.17, 15) is 0 Å². The number of hydrogen-bond donors (Lipinski definition) is 0. The molecule has 0 aliphatic carbocycles. The summed E-state index contributed by atoms with van der Waals surface area (Å²) in [6.45, 7) is 5.83. The van der Waals surface area contributed by atoms with Gasteiger partial charge in [-0.1, -0.05) is 55.0 Å². The van der Waals surface area contributed by atoms with E-state index >= 15 is 0 Å². The molecule has 2 aromatic heterocycles. The van der Waals surface area contributed by atoms with Crippen LogP contribution in [0.15, 0.2) is 33.9 Å². The van der Waals surface area contributed by atoms with E-state index in [0.717, 1.165) is 30.2 Å². The van der Waals surface area contributed by atoms with E-state index in [1.54, 1.807) is 4.68 Å². The highest BCUT2D eigenvalue weighted by Crippen LogP contribution is 2.24. The molecular weight excluding hydrogens is 364 g/mol. The summed E-state index contributed by atoms with van der Waals surface area (Å²) in [5.74, 6) is 2.16. The second-order valence-electron chi connectivity index (χ2n) is 6.86. The van der Waals surface area contributed by atoms with Crippen LogP contribution >= 0.6 is 11.8 Å². The van der Waals surface area contributed by atoms with Crippen molar-refractivity contribution in [2.24, 2.45) is 0 Å². The third kappa shape index (κ3) is 4.36. The molecule has 1 atom stereocenters. The maximum Gasteiger partial charge on any atom is 0.237 e. The van der Waals surface area contributed by atoms with E-state index in [1.807, 2.05) is 12.1 Å². The summed E-state index contributed by atoms with van der Waals surface area (Å²) < 4.78 is 12.8. The second kappa shape index (κ2) is 8.18. The Labute approximate surface area is 161 Å². The van der Waals surface area contributed by atoms with Crippen molar-refractivity contribution in [3.63, 3.8) is 0 Å². The van der Waals surface area contributed by atoms with E-state index < -0.39 is 0 Å². The monoisotopic (exact) mass is 386 g/mol. The van der Waals surface area contributed by atoms with Crippen LogP contribution in [0.4, 0.5) is 0 Å². The number of aromatic nitrogens is 6. The molecule has 27 heavy (non-hydrogen) atoms. The van der Waals surface area contributed by atoms with Gasteiger partial charge in [0.2, 0.25) is 16.9 Å². The van der Waals surface area contributed by atoms with Gasteiger partial charge < -0.3 is 9.26 Å². The van der Waals surface area contributed by atoms with Gasteiger partial charge in [0, 0.05) is 12.2 Å². The molecule has 9 heteroatoms. The van der Waals surface area contributed by atoms with E-state index in [2.05, 4.69) is 51.6 Å². The van der Waals surface area contributed by atoms with Crippen molar-refractivity contribution in [3.8, 4) is 11.4 Å². The molecule has 0 bridgehead atoms. The molecule has 0 unspecified atom stereocenters. The average molecular weight is 386 g/mol.